The Morgan fingerprint density at radius 2 is 1.93 bits per heavy atom. The highest BCUT2D eigenvalue weighted by Crippen LogP contribution is 2.22. The lowest BCUT2D eigenvalue weighted by Gasteiger charge is -2.13. The number of aryl methyl sites for hydroxylation is 1. The molecule has 0 aliphatic rings. The van der Waals surface area contributed by atoms with E-state index in [0.29, 0.717) is 18.1 Å². The van der Waals surface area contributed by atoms with Gasteiger partial charge in [0.15, 0.2) is 0 Å². The number of nitrogens with one attached hydrogen (secondary N) is 2. The molecular weight excluding hydrogens is 390 g/mol. The van der Waals surface area contributed by atoms with Gasteiger partial charge >= 0.3 is 12.0 Å². The summed E-state index contributed by atoms with van der Waals surface area (Å²) < 4.78 is 6.82. The summed E-state index contributed by atoms with van der Waals surface area (Å²) in [5, 5.41) is 5.87. The molecule has 1 aromatic heterocycles. The smallest absolute Gasteiger partial charge is 0.339 e. The number of nitrogens with zero attached hydrogens (tertiary/aromatic N) is 1. The van der Waals surface area contributed by atoms with Crippen molar-refractivity contribution in [2.24, 2.45) is 0 Å². The second-order valence-electron chi connectivity index (χ2n) is 6.61. The lowest BCUT2D eigenvalue weighted by molar-refractivity contribution is 0.0602. The Balaban J connectivity index is 1.65. The molecule has 3 rings (SSSR count). The second-order valence-corrected chi connectivity index (χ2v) is 7.04. The van der Waals surface area contributed by atoms with Gasteiger partial charge in [-0.1, -0.05) is 41.4 Å². The SMILES string of the molecule is COC(=O)c1ccc(Cl)cc1NC(=O)NCc1cccn1Cc1cccc(C)c1. The first-order chi connectivity index (χ1) is 14.0. The highest BCUT2D eigenvalue weighted by Gasteiger charge is 2.14. The number of halogens is 1. The van der Waals surface area contributed by atoms with Crippen molar-refractivity contribution in [1.82, 2.24) is 9.88 Å². The van der Waals surface area contributed by atoms with Crippen molar-refractivity contribution >= 4 is 29.3 Å². The van der Waals surface area contributed by atoms with E-state index in [9.17, 15) is 9.59 Å². The summed E-state index contributed by atoms with van der Waals surface area (Å²) in [7, 11) is 1.28. The third-order valence-corrected chi connectivity index (χ3v) is 4.66. The summed E-state index contributed by atoms with van der Waals surface area (Å²) in [6.45, 7) is 3.11. The van der Waals surface area contributed by atoms with Gasteiger partial charge in [-0.2, -0.15) is 0 Å². The fourth-order valence-electron chi connectivity index (χ4n) is 3.02. The lowest BCUT2D eigenvalue weighted by Crippen LogP contribution is -2.29. The van der Waals surface area contributed by atoms with E-state index in [2.05, 4.69) is 40.3 Å². The summed E-state index contributed by atoms with van der Waals surface area (Å²) in [4.78, 5) is 24.2. The van der Waals surface area contributed by atoms with Crippen LogP contribution in [-0.4, -0.2) is 23.7 Å². The molecule has 2 amide bonds. The third kappa shape index (κ3) is 5.39. The molecule has 0 atom stereocenters. The number of urea groups is 1. The molecular formula is C22H22ClN3O3. The van der Waals surface area contributed by atoms with Crippen LogP contribution in [0, 0.1) is 6.92 Å². The van der Waals surface area contributed by atoms with E-state index < -0.39 is 12.0 Å². The van der Waals surface area contributed by atoms with Crippen LogP contribution in [0.2, 0.25) is 5.02 Å². The van der Waals surface area contributed by atoms with E-state index >= 15 is 0 Å². The Kier molecular flexibility index (Phi) is 6.57. The quantitative estimate of drug-likeness (QED) is 0.582. The molecule has 7 heteroatoms. The first kappa shape index (κ1) is 20.5. The molecule has 1 heterocycles. The maximum Gasteiger partial charge on any atom is 0.339 e. The zero-order chi connectivity index (χ0) is 20.8. The van der Waals surface area contributed by atoms with Crippen molar-refractivity contribution in [2.45, 2.75) is 20.0 Å². The minimum absolute atomic E-state index is 0.231. The molecule has 0 aliphatic carbocycles. The number of amides is 2. The van der Waals surface area contributed by atoms with Gasteiger partial charge in [0, 0.05) is 23.5 Å². The van der Waals surface area contributed by atoms with Crippen LogP contribution >= 0.6 is 11.6 Å². The number of methoxy groups -OCH3 is 1. The fourth-order valence-corrected chi connectivity index (χ4v) is 3.19. The number of aromatic nitrogens is 1. The maximum absolute atomic E-state index is 12.4. The topological polar surface area (TPSA) is 72.4 Å². The van der Waals surface area contributed by atoms with Crippen molar-refractivity contribution in [3.63, 3.8) is 0 Å². The fraction of sp³-hybridized carbons (Fsp3) is 0.182. The van der Waals surface area contributed by atoms with E-state index in [4.69, 9.17) is 16.3 Å². The number of ether oxygens (including phenoxy) is 1. The van der Waals surface area contributed by atoms with E-state index in [1.807, 2.05) is 24.4 Å². The van der Waals surface area contributed by atoms with Crippen LogP contribution in [0.5, 0.6) is 0 Å². The molecule has 0 fully saturated rings. The zero-order valence-electron chi connectivity index (χ0n) is 16.2. The van der Waals surface area contributed by atoms with Crippen LogP contribution in [0.3, 0.4) is 0 Å². The first-order valence-electron chi connectivity index (χ1n) is 9.08. The van der Waals surface area contributed by atoms with Crippen molar-refractivity contribution in [3.05, 3.63) is 88.2 Å². The molecule has 0 unspecified atom stereocenters. The molecule has 6 nitrogen and oxygen atoms in total. The van der Waals surface area contributed by atoms with E-state index in [1.54, 1.807) is 6.07 Å². The van der Waals surface area contributed by atoms with E-state index in [1.165, 1.54) is 30.4 Å². The monoisotopic (exact) mass is 411 g/mol. The summed E-state index contributed by atoms with van der Waals surface area (Å²) in [6, 6.07) is 16.3. The van der Waals surface area contributed by atoms with Crippen LogP contribution in [0.4, 0.5) is 10.5 Å². The van der Waals surface area contributed by atoms with Crippen molar-refractivity contribution in [3.8, 4) is 0 Å². The number of esters is 1. The molecule has 150 valence electrons. The number of rotatable bonds is 6. The number of hydrogen-bond acceptors (Lipinski definition) is 3. The Labute approximate surface area is 174 Å². The number of carbonyl (C=O) groups excluding carboxylic acids is 2. The highest BCUT2D eigenvalue weighted by atomic mass is 35.5. The largest absolute Gasteiger partial charge is 0.465 e. The molecule has 0 saturated carbocycles. The molecule has 0 saturated heterocycles. The molecule has 0 spiro atoms. The molecule has 2 N–H and O–H groups in total. The summed E-state index contributed by atoms with van der Waals surface area (Å²) in [5.41, 5.74) is 3.87. The van der Waals surface area contributed by atoms with Gasteiger partial charge in [0.1, 0.15) is 0 Å². The Hall–Kier alpha value is -3.25. The average molecular weight is 412 g/mol. The van der Waals surface area contributed by atoms with E-state index in [-0.39, 0.29) is 11.3 Å². The molecule has 29 heavy (non-hydrogen) atoms. The Morgan fingerprint density at radius 1 is 1.10 bits per heavy atom. The maximum atomic E-state index is 12.4. The number of anilines is 1. The van der Waals surface area contributed by atoms with Crippen LogP contribution in [0.15, 0.2) is 60.8 Å². The van der Waals surface area contributed by atoms with Gasteiger partial charge in [0.25, 0.3) is 0 Å². The predicted molar refractivity (Wildman–Crippen MR) is 113 cm³/mol. The summed E-state index contributed by atoms with van der Waals surface area (Å²) in [5.74, 6) is -0.552. The van der Waals surface area contributed by atoms with Crippen LogP contribution < -0.4 is 10.6 Å². The van der Waals surface area contributed by atoms with Gasteiger partial charge in [-0.15, -0.1) is 0 Å². The number of benzene rings is 2. The minimum Gasteiger partial charge on any atom is -0.465 e. The molecule has 0 aliphatic heterocycles. The highest BCUT2D eigenvalue weighted by molar-refractivity contribution is 6.31. The molecule has 3 aromatic rings. The standard InChI is InChI=1S/C22H22ClN3O3/c1-15-5-3-6-16(11-15)14-26-10-4-7-18(26)13-24-22(28)25-20-12-17(23)8-9-19(20)21(27)29-2/h3-12H,13-14H2,1-2H3,(H2,24,25,28). The number of carbonyl (C=O) groups is 2. The zero-order valence-corrected chi connectivity index (χ0v) is 17.0. The first-order valence-corrected chi connectivity index (χ1v) is 9.46. The second kappa shape index (κ2) is 9.30. The van der Waals surface area contributed by atoms with E-state index in [0.717, 1.165) is 5.69 Å². The van der Waals surface area contributed by atoms with Crippen molar-refractivity contribution in [1.29, 1.82) is 0 Å². The summed E-state index contributed by atoms with van der Waals surface area (Å²) >= 11 is 5.99. The summed E-state index contributed by atoms with van der Waals surface area (Å²) in [6.07, 6.45) is 1.98. The lowest BCUT2D eigenvalue weighted by atomic mass is 10.1. The van der Waals surface area contributed by atoms with Crippen LogP contribution in [-0.2, 0) is 17.8 Å². The molecule has 0 radical (unpaired) electrons. The van der Waals surface area contributed by atoms with Gasteiger partial charge in [-0.05, 0) is 42.8 Å². The van der Waals surface area contributed by atoms with Crippen LogP contribution in [0.1, 0.15) is 27.2 Å². The predicted octanol–water partition coefficient (Wildman–Crippen LogP) is 4.61. The van der Waals surface area contributed by atoms with Crippen molar-refractivity contribution in [2.75, 3.05) is 12.4 Å². The number of hydrogen-bond donors (Lipinski definition) is 2. The van der Waals surface area contributed by atoms with Gasteiger partial charge in [-0.25, -0.2) is 9.59 Å². The molecule has 0 bridgehead atoms. The Bertz CT molecular complexity index is 1030. The normalized spacial score (nSPS) is 10.4. The van der Waals surface area contributed by atoms with Crippen LogP contribution in [0.25, 0.3) is 0 Å². The average Bonchev–Trinajstić information content (AvgIpc) is 3.13. The Morgan fingerprint density at radius 3 is 2.69 bits per heavy atom. The van der Waals surface area contributed by atoms with Gasteiger partial charge in [0.05, 0.1) is 24.9 Å². The molecule has 2 aromatic carbocycles. The van der Waals surface area contributed by atoms with Gasteiger partial charge in [0.2, 0.25) is 0 Å². The van der Waals surface area contributed by atoms with Gasteiger partial charge in [-0.3, -0.25) is 0 Å². The van der Waals surface area contributed by atoms with Gasteiger partial charge < -0.3 is 19.9 Å². The van der Waals surface area contributed by atoms with Crippen molar-refractivity contribution < 1.29 is 14.3 Å². The minimum atomic E-state index is -0.552. The third-order valence-electron chi connectivity index (χ3n) is 4.42.